The smallest absolute Gasteiger partial charge is 0.224 e. The fourth-order valence-electron chi connectivity index (χ4n) is 1.93. The van der Waals surface area contributed by atoms with E-state index in [1.165, 1.54) is 0 Å². The number of hydrogen-bond donors (Lipinski definition) is 1. The Morgan fingerprint density at radius 3 is 2.88 bits per heavy atom. The summed E-state index contributed by atoms with van der Waals surface area (Å²) in [5.41, 5.74) is 0. The molecule has 1 aromatic rings. The summed E-state index contributed by atoms with van der Waals surface area (Å²) in [5.74, 6) is 0.239. The van der Waals surface area contributed by atoms with Gasteiger partial charge >= 0.3 is 0 Å². The molecule has 1 atom stereocenters. The largest absolute Gasteiger partial charge is 0.340 e. The average molecular weight is 222 g/mol. The molecule has 5 heteroatoms. The Kier molecular flexibility index (Phi) is 3.56. The molecule has 1 N–H and O–H groups in total. The molecule has 0 spiro atoms. The minimum absolute atomic E-state index is 0.185. The van der Waals surface area contributed by atoms with Crippen LogP contribution in [0.1, 0.15) is 19.4 Å². The van der Waals surface area contributed by atoms with Crippen LogP contribution in [0.15, 0.2) is 18.7 Å². The van der Waals surface area contributed by atoms with E-state index in [9.17, 15) is 4.79 Å². The molecular formula is C11H18N4O. The molecular weight excluding hydrogens is 204 g/mol. The first-order valence-electron chi connectivity index (χ1n) is 5.73. The number of amides is 1. The van der Waals surface area contributed by atoms with Gasteiger partial charge in [0.15, 0.2) is 0 Å². The van der Waals surface area contributed by atoms with Crippen molar-refractivity contribution < 1.29 is 4.79 Å². The summed E-state index contributed by atoms with van der Waals surface area (Å²) in [6.45, 7) is 5.52. The van der Waals surface area contributed by atoms with Crippen molar-refractivity contribution in [1.29, 1.82) is 0 Å². The fraction of sp³-hybridized carbons (Fsp3) is 0.636. The number of rotatable bonds is 3. The van der Waals surface area contributed by atoms with Crippen molar-refractivity contribution in [2.75, 3.05) is 26.2 Å². The van der Waals surface area contributed by atoms with Crippen LogP contribution in [0, 0.1) is 0 Å². The van der Waals surface area contributed by atoms with Gasteiger partial charge in [0.1, 0.15) is 0 Å². The first kappa shape index (κ1) is 11.1. The number of carbonyl (C=O) groups is 1. The van der Waals surface area contributed by atoms with Gasteiger partial charge in [-0.1, -0.05) is 0 Å². The van der Waals surface area contributed by atoms with Crippen molar-refractivity contribution in [3.63, 3.8) is 0 Å². The summed E-state index contributed by atoms with van der Waals surface area (Å²) in [6.07, 6.45) is 5.95. The lowest BCUT2D eigenvalue weighted by atomic mass is 10.2. The van der Waals surface area contributed by atoms with Crippen LogP contribution >= 0.6 is 0 Å². The van der Waals surface area contributed by atoms with Gasteiger partial charge in [-0.3, -0.25) is 4.79 Å². The van der Waals surface area contributed by atoms with Crippen molar-refractivity contribution in [2.45, 2.75) is 19.4 Å². The molecule has 2 rings (SSSR count). The third-order valence-electron chi connectivity index (χ3n) is 2.97. The Hall–Kier alpha value is -1.36. The van der Waals surface area contributed by atoms with E-state index in [4.69, 9.17) is 0 Å². The van der Waals surface area contributed by atoms with Gasteiger partial charge in [0.05, 0.1) is 6.33 Å². The number of carbonyl (C=O) groups excluding carboxylic acids is 1. The topological polar surface area (TPSA) is 50.2 Å². The number of nitrogens with one attached hydrogen (secondary N) is 1. The van der Waals surface area contributed by atoms with Crippen LogP contribution < -0.4 is 5.32 Å². The van der Waals surface area contributed by atoms with Gasteiger partial charge in [0, 0.05) is 51.0 Å². The number of piperazine rings is 1. The molecule has 0 radical (unpaired) electrons. The van der Waals surface area contributed by atoms with E-state index in [-0.39, 0.29) is 11.9 Å². The van der Waals surface area contributed by atoms with E-state index in [0.29, 0.717) is 6.42 Å². The summed E-state index contributed by atoms with van der Waals surface area (Å²) < 4.78 is 1.97. The van der Waals surface area contributed by atoms with E-state index in [2.05, 4.69) is 10.3 Å². The number of nitrogens with zero attached hydrogens (tertiary/aromatic N) is 3. The number of hydrogen-bond acceptors (Lipinski definition) is 3. The first-order chi connectivity index (χ1) is 7.77. The second kappa shape index (κ2) is 5.12. The maximum atomic E-state index is 12.0. The van der Waals surface area contributed by atoms with E-state index < -0.39 is 0 Å². The van der Waals surface area contributed by atoms with E-state index >= 15 is 0 Å². The van der Waals surface area contributed by atoms with E-state index in [1.807, 2.05) is 22.6 Å². The third-order valence-corrected chi connectivity index (χ3v) is 2.97. The van der Waals surface area contributed by atoms with Crippen molar-refractivity contribution in [3.05, 3.63) is 18.7 Å². The van der Waals surface area contributed by atoms with Crippen LogP contribution in [0.25, 0.3) is 0 Å². The molecule has 1 aliphatic heterocycles. The van der Waals surface area contributed by atoms with Crippen LogP contribution in [0.4, 0.5) is 0 Å². The highest BCUT2D eigenvalue weighted by Crippen LogP contribution is 2.11. The molecule has 16 heavy (non-hydrogen) atoms. The normalized spacial score (nSPS) is 18.4. The molecule has 2 heterocycles. The van der Waals surface area contributed by atoms with Crippen LogP contribution in [-0.4, -0.2) is 46.5 Å². The van der Waals surface area contributed by atoms with Crippen LogP contribution in [-0.2, 0) is 4.79 Å². The molecule has 1 fully saturated rings. The Morgan fingerprint density at radius 1 is 1.50 bits per heavy atom. The fourth-order valence-corrected chi connectivity index (χ4v) is 1.93. The Morgan fingerprint density at radius 2 is 2.25 bits per heavy atom. The van der Waals surface area contributed by atoms with Gasteiger partial charge < -0.3 is 14.8 Å². The summed E-state index contributed by atoms with van der Waals surface area (Å²) in [7, 11) is 0. The maximum Gasteiger partial charge on any atom is 0.224 e. The molecule has 88 valence electrons. The lowest BCUT2D eigenvalue weighted by Crippen LogP contribution is -2.46. The van der Waals surface area contributed by atoms with Gasteiger partial charge in [0.25, 0.3) is 0 Å². The van der Waals surface area contributed by atoms with Gasteiger partial charge in [-0.2, -0.15) is 0 Å². The van der Waals surface area contributed by atoms with Gasteiger partial charge in [0.2, 0.25) is 5.91 Å². The predicted octanol–water partition coefficient (Wildman–Crippen LogP) is 0.266. The van der Waals surface area contributed by atoms with Crippen molar-refractivity contribution >= 4 is 5.91 Å². The summed E-state index contributed by atoms with van der Waals surface area (Å²) >= 11 is 0. The number of aromatic nitrogens is 2. The molecule has 1 amide bonds. The maximum absolute atomic E-state index is 12.0. The van der Waals surface area contributed by atoms with E-state index in [1.54, 1.807) is 12.5 Å². The molecule has 1 aliphatic rings. The SMILES string of the molecule is CC(CC(=O)N1CCNCC1)n1ccnc1. The Balaban J connectivity index is 1.86. The molecule has 1 saturated heterocycles. The highest BCUT2D eigenvalue weighted by molar-refractivity contribution is 5.76. The first-order valence-corrected chi connectivity index (χ1v) is 5.73. The molecule has 1 aromatic heterocycles. The molecule has 0 aliphatic carbocycles. The van der Waals surface area contributed by atoms with Crippen LogP contribution in [0.2, 0.25) is 0 Å². The zero-order valence-corrected chi connectivity index (χ0v) is 9.59. The minimum Gasteiger partial charge on any atom is -0.340 e. The molecule has 0 bridgehead atoms. The second-order valence-corrected chi connectivity index (χ2v) is 4.19. The standard InChI is InChI=1S/C11H18N4O/c1-10(15-7-4-13-9-15)8-11(16)14-5-2-12-3-6-14/h4,7,9-10,12H,2-3,5-6,8H2,1H3. The highest BCUT2D eigenvalue weighted by Gasteiger charge is 2.18. The van der Waals surface area contributed by atoms with Crippen molar-refractivity contribution in [3.8, 4) is 0 Å². The van der Waals surface area contributed by atoms with Crippen LogP contribution in [0.3, 0.4) is 0 Å². The summed E-state index contributed by atoms with van der Waals surface area (Å²) in [4.78, 5) is 17.9. The van der Waals surface area contributed by atoms with E-state index in [0.717, 1.165) is 26.2 Å². The monoisotopic (exact) mass is 222 g/mol. The molecule has 0 aromatic carbocycles. The Bertz CT molecular complexity index is 330. The number of imidazole rings is 1. The summed E-state index contributed by atoms with van der Waals surface area (Å²) in [6, 6.07) is 0.185. The zero-order valence-electron chi connectivity index (χ0n) is 9.59. The van der Waals surface area contributed by atoms with Gasteiger partial charge in [-0.05, 0) is 6.92 Å². The second-order valence-electron chi connectivity index (χ2n) is 4.19. The average Bonchev–Trinajstić information content (AvgIpc) is 2.83. The zero-order chi connectivity index (χ0) is 11.4. The quantitative estimate of drug-likeness (QED) is 0.798. The van der Waals surface area contributed by atoms with Crippen LogP contribution in [0.5, 0.6) is 0 Å². The van der Waals surface area contributed by atoms with Crippen molar-refractivity contribution in [1.82, 2.24) is 19.8 Å². The summed E-state index contributed by atoms with van der Waals surface area (Å²) in [5, 5.41) is 3.24. The van der Waals surface area contributed by atoms with Gasteiger partial charge in [-0.15, -0.1) is 0 Å². The lowest BCUT2D eigenvalue weighted by Gasteiger charge is -2.28. The Labute approximate surface area is 95.5 Å². The molecule has 0 saturated carbocycles. The van der Waals surface area contributed by atoms with Crippen molar-refractivity contribution in [2.24, 2.45) is 0 Å². The third kappa shape index (κ3) is 2.61. The van der Waals surface area contributed by atoms with Gasteiger partial charge in [-0.25, -0.2) is 4.98 Å². The minimum atomic E-state index is 0.185. The molecule has 1 unspecified atom stereocenters. The lowest BCUT2D eigenvalue weighted by molar-refractivity contribution is -0.132. The molecule has 5 nitrogen and oxygen atoms in total. The predicted molar refractivity (Wildman–Crippen MR) is 61.0 cm³/mol. The highest BCUT2D eigenvalue weighted by atomic mass is 16.2.